The van der Waals surface area contributed by atoms with Gasteiger partial charge in [-0.25, -0.2) is 4.98 Å². The third-order valence-electron chi connectivity index (χ3n) is 3.85. The van der Waals surface area contributed by atoms with Crippen LogP contribution in [0.5, 0.6) is 5.88 Å². The van der Waals surface area contributed by atoms with E-state index < -0.39 is 7.12 Å². The van der Waals surface area contributed by atoms with Gasteiger partial charge in [-0.3, -0.25) is 0 Å². The van der Waals surface area contributed by atoms with Crippen LogP contribution >= 0.6 is 0 Å². The molecule has 0 spiro atoms. The molecule has 1 aliphatic rings. The van der Waals surface area contributed by atoms with E-state index in [1.54, 1.807) is 13.3 Å². The van der Waals surface area contributed by atoms with Gasteiger partial charge in [0.15, 0.2) is 0 Å². The van der Waals surface area contributed by atoms with Crippen molar-refractivity contribution in [2.75, 3.05) is 7.11 Å². The molecular formula is C13H20BNO3. The van der Waals surface area contributed by atoms with Crippen molar-refractivity contribution in [2.24, 2.45) is 0 Å². The Bertz CT molecular complexity index is 444. The van der Waals surface area contributed by atoms with Gasteiger partial charge >= 0.3 is 7.12 Å². The zero-order chi connectivity index (χ0) is 13.6. The molecule has 0 aliphatic carbocycles. The lowest BCUT2D eigenvalue weighted by atomic mass is 9.77. The number of ether oxygens (including phenoxy) is 1. The topological polar surface area (TPSA) is 40.6 Å². The quantitative estimate of drug-likeness (QED) is 0.748. The number of pyridine rings is 1. The highest BCUT2D eigenvalue weighted by Gasteiger charge is 2.53. The molecule has 0 bridgehead atoms. The van der Waals surface area contributed by atoms with Crippen molar-refractivity contribution in [2.45, 2.75) is 45.8 Å². The minimum atomic E-state index is -0.432. The van der Waals surface area contributed by atoms with Crippen LogP contribution in [-0.2, 0) is 9.31 Å². The second-order valence-corrected chi connectivity index (χ2v) is 5.64. The van der Waals surface area contributed by atoms with Gasteiger partial charge in [-0.05, 0) is 46.2 Å². The lowest BCUT2D eigenvalue weighted by Gasteiger charge is -2.32. The van der Waals surface area contributed by atoms with Gasteiger partial charge in [0.25, 0.3) is 0 Å². The van der Waals surface area contributed by atoms with Crippen molar-refractivity contribution in [1.29, 1.82) is 0 Å². The molecule has 0 saturated carbocycles. The number of methoxy groups -OCH3 is 1. The van der Waals surface area contributed by atoms with Crippen LogP contribution in [0.15, 0.2) is 12.3 Å². The predicted octanol–water partition coefficient (Wildman–Crippen LogP) is 1.70. The summed E-state index contributed by atoms with van der Waals surface area (Å²) in [4.78, 5) is 4.22. The highest BCUT2D eigenvalue weighted by Crippen LogP contribution is 2.37. The highest BCUT2D eigenvalue weighted by atomic mass is 16.7. The minimum absolute atomic E-state index is 0.356. The van der Waals surface area contributed by atoms with Gasteiger partial charge in [0.1, 0.15) is 0 Å². The molecule has 0 radical (unpaired) electrons. The molecule has 2 heterocycles. The summed E-state index contributed by atoms with van der Waals surface area (Å²) in [7, 11) is 1.18. The summed E-state index contributed by atoms with van der Waals surface area (Å²) < 4.78 is 17.4. The molecule has 5 heteroatoms. The zero-order valence-corrected chi connectivity index (χ0v) is 11.9. The maximum absolute atomic E-state index is 6.03. The molecule has 0 amide bonds. The van der Waals surface area contributed by atoms with Crippen LogP contribution in [0.2, 0.25) is 0 Å². The Morgan fingerprint density at radius 2 is 1.72 bits per heavy atom. The predicted molar refractivity (Wildman–Crippen MR) is 71.2 cm³/mol. The Labute approximate surface area is 109 Å². The van der Waals surface area contributed by atoms with E-state index in [4.69, 9.17) is 14.0 Å². The molecular weight excluding hydrogens is 229 g/mol. The van der Waals surface area contributed by atoms with Crippen LogP contribution in [0.3, 0.4) is 0 Å². The van der Waals surface area contributed by atoms with E-state index in [2.05, 4.69) is 4.98 Å². The Balaban J connectivity index is 2.41. The third kappa shape index (κ3) is 2.02. The molecule has 0 aromatic carbocycles. The van der Waals surface area contributed by atoms with Crippen molar-refractivity contribution < 1.29 is 14.0 Å². The normalized spacial score (nSPS) is 21.1. The number of rotatable bonds is 2. The Kier molecular flexibility index (Phi) is 3.15. The maximum Gasteiger partial charge on any atom is 0.500 e. The van der Waals surface area contributed by atoms with E-state index in [0.717, 1.165) is 11.0 Å². The first kappa shape index (κ1) is 13.4. The van der Waals surface area contributed by atoms with Crippen LogP contribution in [0, 0.1) is 6.92 Å². The average molecular weight is 249 g/mol. The monoisotopic (exact) mass is 249 g/mol. The first-order valence-electron chi connectivity index (χ1n) is 6.13. The van der Waals surface area contributed by atoms with Crippen LogP contribution < -0.4 is 10.2 Å². The molecule has 18 heavy (non-hydrogen) atoms. The smallest absolute Gasteiger partial charge is 0.481 e. The summed E-state index contributed by atoms with van der Waals surface area (Å²) in [6, 6.07) is 1.93. The van der Waals surface area contributed by atoms with Crippen molar-refractivity contribution >= 4 is 12.6 Å². The largest absolute Gasteiger partial charge is 0.500 e. The van der Waals surface area contributed by atoms with Crippen LogP contribution in [0.4, 0.5) is 0 Å². The van der Waals surface area contributed by atoms with Crippen LogP contribution in [0.1, 0.15) is 33.3 Å². The summed E-state index contributed by atoms with van der Waals surface area (Å²) in [5.74, 6) is 0.563. The van der Waals surface area contributed by atoms with E-state index in [1.165, 1.54) is 0 Å². The van der Waals surface area contributed by atoms with Gasteiger partial charge in [0.05, 0.1) is 18.3 Å². The molecule has 1 aromatic rings. The van der Waals surface area contributed by atoms with Crippen LogP contribution in [-0.4, -0.2) is 30.4 Å². The van der Waals surface area contributed by atoms with Gasteiger partial charge in [-0.15, -0.1) is 0 Å². The Hall–Kier alpha value is -1.07. The summed E-state index contributed by atoms with van der Waals surface area (Å²) in [5, 5.41) is 0. The number of aromatic nitrogens is 1. The van der Waals surface area contributed by atoms with Crippen molar-refractivity contribution in [3.05, 3.63) is 17.8 Å². The lowest BCUT2D eigenvalue weighted by molar-refractivity contribution is 0.00578. The molecule has 4 nitrogen and oxygen atoms in total. The van der Waals surface area contributed by atoms with E-state index in [0.29, 0.717) is 5.88 Å². The summed E-state index contributed by atoms with van der Waals surface area (Å²) in [5.41, 5.74) is 1.22. The highest BCUT2D eigenvalue weighted by molar-refractivity contribution is 6.63. The number of hydrogen-bond acceptors (Lipinski definition) is 4. The van der Waals surface area contributed by atoms with Gasteiger partial charge in [-0.1, -0.05) is 0 Å². The summed E-state index contributed by atoms with van der Waals surface area (Å²) in [6.07, 6.45) is 1.73. The summed E-state index contributed by atoms with van der Waals surface area (Å²) in [6.45, 7) is 10.1. The van der Waals surface area contributed by atoms with Gasteiger partial charge in [-0.2, -0.15) is 0 Å². The maximum atomic E-state index is 6.03. The fourth-order valence-corrected chi connectivity index (χ4v) is 1.96. The van der Waals surface area contributed by atoms with Gasteiger partial charge in [0, 0.05) is 11.7 Å². The molecule has 1 saturated heterocycles. The molecule has 1 fully saturated rings. The molecule has 1 aromatic heterocycles. The zero-order valence-electron chi connectivity index (χ0n) is 11.9. The molecule has 0 N–H and O–H groups in total. The second-order valence-electron chi connectivity index (χ2n) is 5.64. The van der Waals surface area contributed by atoms with Gasteiger partial charge in [0.2, 0.25) is 5.88 Å². The first-order chi connectivity index (χ1) is 8.28. The van der Waals surface area contributed by atoms with E-state index in [1.807, 2.05) is 40.7 Å². The standard InChI is InChI=1S/C13H20BNO3/c1-9-7-8-15-11(16-6)10(9)14-17-12(2,3)13(4,5)18-14/h7-8H,1-6H3. The average Bonchev–Trinajstić information content (AvgIpc) is 2.47. The first-order valence-corrected chi connectivity index (χ1v) is 6.13. The van der Waals surface area contributed by atoms with Crippen LogP contribution in [0.25, 0.3) is 0 Å². The van der Waals surface area contributed by atoms with E-state index in [9.17, 15) is 0 Å². The summed E-state index contributed by atoms with van der Waals surface area (Å²) >= 11 is 0. The van der Waals surface area contributed by atoms with Crippen molar-refractivity contribution in [3.8, 4) is 5.88 Å². The molecule has 2 rings (SSSR count). The van der Waals surface area contributed by atoms with Crippen molar-refractivity contribution in [1.82, 2.24) is 4.98 Å². The number of nitrogens with zero attached hydrogens (tertiary/aromatic N) is 1. The second kappa shape index (κ2) is 4.25. The van der Waals surface area contributed by atoms with E-state index in [-0.39, 0.29) is 11.2 Å². The third-order valence-corrected chi connectivity index (χ3v) is 3.85. The molecule has 98 valence electrons. The fraction of sp³-hybridized carbons (Fsp3) is 0.615. The lowest BCUT2D eigenvalue weighted by Crippen LogP contribution is -2.41. The van der Waals surface area contributed by atoms with Gasteiger partial charge < -0.3 is 14.0 Å². The SMILES string of the molecule is COc1nccc(C)c1B1OC(C)(C)C(C)(C)O1. The number of aryl methyl sites for hydroxylation is 1. The Morgan fingerprint density at radius 3 is 2.22 bits per heavy atom. The van der Waals surface area contributed by atoms with Crippen molar-refractivity contribution in [3.63, 3.8) is 0 Å². The minimum Gasteiger partial charge on any atom is -0.481 e. The molecule has 1 aliphatic heterocycles. The molecule has 0 unspecified atom stereocenters. The van der Waals surface area contributed by atoms with E-state index >= 15 is 0 Å². The fourth-order valence-electron chi connectivity index (χ4n) is 1.96. The molecule has 0 atom stereocenters. The Morgan fingerprint density at radius 1 is 1.17 bits per heavy atom. The number of hydrogen-bond donors (Lipinski definition) is 0.